The van der Waals surface area contributed by atoms with Crippen LogP contribution in [0, 0.1) is 29.1 Å². The van der Waals surface area contributed by atoms with Crippen molar-refractivity contribution in [3.63, 3.8) is 0 Å². The van der Waals surface area contributed by atoms with Crippen molar-refractivity contribution in [2.45, 2.75) is 129 Å². The summed E-state index contributed by atoms with van der Waals surface area (Å²) >= 11 is 0. The van der Waals surface area contributed by atoms with E-state index in [9.17, 15) is 4.79 Å². The maximum atomic E-state index is 16.2. The van der Waals surface area contributed by atoms with E-state index in [4.69, 9.17) is 4.74 Å². The van der Waals surface area contributed by atoms with Gasteiger partial charge in [-0.05, 0) is 66.7 Å². The van der Waals surface area contributed by atoms with Crippen LogP contribution >= 0.6 is 0 Å². The molecule has 47 heavy (non-hydrogen) atoms. The highest BCUT2D eigenvalue weighted by Gasteiger charge is 2.72. The van der Waals surface area contributed by atoms with Gasteiger partial charge in [0.25, 0.3) is 11.2 Å². The van der Waals surface area contributed by atoms with E-state index < -0.39 is 23.0 Å². The molecule has 0 amide bonds. The number of carbonyl (C=O) groups is 1. The van der Waals surface area contributed by atoms with Crippen molar-refractivity contribution in [3.05, 3.63) is 77.5 Å². The summed E-state index contributed by atoms with van der Waals surface area (Å²) in [6.07, 6.45) is 18.1. The van der Waals surface area contributed by atoms with Crippen LogP contribution in [0.25, 0.3) is 11.3 Å². The lowest BCUT2D eigenvalue weighted by molar-refractivity contribution is -0.883. The smallest absolute Gasteiger partial charge is 0.403 e. The van der Waals surface area contributed by atoms with E-state index in [1.54, 1.807) is 6.07 Å². The lowest BCUT2D eigenvalue weighted by Crippen LogP contribution is -2.83. The number of nitrogens with zero attached hydrogens (tertiary/aromatic N) is 3. The molecule has 1 spiro atoms. The first kappa shape index (κ1) is 33.7. The molecule has 6 rings (SSSR count). The topological polar surface area (TPSA) is 47.0 Å². The van der Waals surface area contributed by atoms with Crippen molar-refractivity contribution in [1.82, 2.24) is 4.98 Å². The Kier molecular flexibility index (Phi) is 9.57. The van der Waals surface area contributed by atoms with Gasteiger partial charge in [0.05, 0.1) is 0 Å². The number of esters is 1. The maximum Gasteiger partial charge on any atom is 0.403 e. The molecule has 1 aliphatic carbocycles. The second kappa shape index (κ2) is 13.4. The third-order valence-electron chi connectivity index (χ3n) is 12.3. The first-order valence-electron chi connectivity index (χ1n) is 18.2. The molecule has 4 unspecified atom stereocenters. The molecule has 3 aromatic heterocycles. The lowest BCUT2D eigenvalue weighted by Gasteiger charge is -2.45. The zero-order chi connectivity index (χ0) is 33.4. The third kappa shape index (κ3) is 5.69. The standard InChI is InChI=1S/C40H53F2N3O2/c1-6-9-15-28(4)24-38(18-12-10-13-19-38)25-30-17-21-45-33(22-30)35-31(23-34(41)43-36(35)42)26-39(40(45,8-3)29(5)7-2)27-47-37(46)32-16-11-14-20-44(32)39/h11,14,16-17,20-23,28-29H,6-10,12-13,15,18-19,24-27H2,1-5H3/q+2. The molecule has 4 atom stereocenters. The molecule has 3 aromatic rings. The summed E-state index contributed by atoms with van der Waals surface area (Å²) < 4.78 is 41.7. The van der Waals surface area contributed by atoms with E-state index in [1.165, 1.54) is 69.4 Å². The average molecular weight is 646 g/mol. The zero-order valence-corrected chi connectivity index (χ0v) is 29.1. The minimum absolute atomic E-state index is 0.0961. The number of hydrogen-bond acceptors (Lipinski definition) is 3. The zero-order valence-electron chi connectivity index (χ0n) is 29.1. The molecule has 2 aliphatic heterocycles. The Labute approximate surface area is 279 Å². The number of aromatic nitrogens is 3. The Hall–Kier alpha value is -3.22. The van der Waals surface area contributed by atoms with Gasteiger partial charge < -0.3 is 4.74 Å². The van der Waals surface area contributed by atoms with E-state index in [0.717, 1.165) is 18.5 Å². The maximum absolute atomic E-state index is 16.2. The Morgan fingerprint density at radius 3 is 2.49 bits per heavy atom. The third-order valence-corrected chi connectivity index (χ3v) is 12.3. The summed E-state index contributed by atoms with van der Waals surface area (Å²) in [5, 5.41) is 0. The Balaban J connectivity index is 1.59. The molecule has 252 valence electrons. The Morgan fingerprint density at radius 1 is 0.979 bits per heavy atom. The van der Waals surface area contributed by atoms with Crippen LogP contribution < -0.4 is 9.13 Å². The average Bonchev–Trinajstić information content (AvgIpc) is 3.16. The van der Waals surface area contributed by atoms with Crippen LogP contribution in [0.3, 0.4) is 0 Å². The number of cyclic esters (lactones) is 1. The second-order valence-corrected chi connectivity index (χ2v) is 15.1. The highest BCUT2D eigenvalue weighted by Crippen LogP contribution is 2.49. The van der Waals surface area contributed by atoms with E-state index >= 15 is 8.78 Å². The first-order valence-corrected chi connectivity index (χ1v) is 18.2. The molecule has 1 saturated carbocycles. The summed E-state index contributed by atoms with van der Waals surface area (Å²) in [6.45, 7) is 11.4. The predicted molar refractivity (Wildman–Crippen MR) is 179 cm³/mol. The van der Waals surface area contributed by atoms with E-state index in [1.807, 2.05) is 18.3 Å². The molecule has 0 bridgehead atoms. The van der Waals surface area contributed by atoms with Crippen molar-refractivity contribution in [3.8, 4) is 11.3 Å². The first-order chi connectivity index (χ1) is 22.6. The van der Waals surface area contributed by atoms with Crippen molar-refractivity contribution < 1.29 is 27.4 Å². The van der Waals surface area contributed by atoms with Gasteiger partial charge in [0.1, 0.15) is 5.56 Å². The summed E-state index contributed by atoms with van der Waals surface area (Å²) in [7, 11) is 0. The second-order valence-electron chi connectivity index (χ2n) is 15.1. The fourth-order valence-corrected chi connectivity index (χ4v) is 10.1. The molecule has 0 aromatic carbocycles. The summed E-state index contributed by atoms with van der Waals surface area (Å²) in [4.78, 5) is 16.9. The number of unbranched alkanes of at least 4 members (excludes halogenated alkanes) is 1. The summed E-state index contributed by atoms with van der Waals surface area (Å²) in [6, 6.07) is 11.4. The minimum Gasteiger partial charge on any atom is -0.450 e. The molecule has 5 nitrogen and oxygen atoms in total. The van der Waals surface area contributed by atoms with Crippen LogP contribution in [0.2, 0.25) is 0 Å². The van der Waals surface area contributed by atoms with Crippen LogP contribution in [-0.2, 0) is 28.7 Å². The van der Waals surface area contributed by atoms with Gasteiger partial charge in [-0.2, -0.15) is 22.9 Å². The number of hydrogen-bond donors (Lipinski definition) is 0. The molecule has 0 saturated heterocycles. The number of pyridine rings is 3. The molecule has 1 fully saturated rings. The van der Waals surface area contributed by atoms with E-state index in [0.29, 0.717) is 35.6 Å². The minimum atomic E-state index is -0.840. The number of halogens is 2. The molecular formula is C40H53F2N3O2+2. The van der Waals surface area contributed by atoms with Crippen LogP contribution in [0.15, 0.2) is 48.8 Å². The Morgan fingerprint density at radius 2 is 1.77 bits per heavy atom. The van der Waals surface area contributed by atoms with Crippen LogP contribution in [0.5, 0.6) is 0 Å². The molecule has 0 N–H and O–H groups in total. The van der Waals surface area contributed by atoms with Crippen molar-refractivity contribution in [1.29, 1.82) is 0 Å². The number of ether oxygens (including phenoxy) is 1. The molecule has 5 heterocycles. The van der Waals surface area contributed by atoms with Gasteiger partial charge in [0, 0.05) is 43.0 Å². The fraction of sp³-hybridized carbons (Fsp3) is 0.600. The monoisotopic (exact) mass is 645 g/mol. The van der Waals surface area contributed by atoms with E-state index in [-0.39, 0.29) is 23.9 Å². The van der Waals surface area contributed by atoms with Crippen molar-refractivity contribution in [2.24, 2.45) is 17.3 Å². The van der Waals surface area contributed by atoms with Crippen molar-refractivity contribution in [2.75, 3.05) is 6.61 Å². The number of rotatable bonds is 10. The summed E-state index contributed by atoms with van der Waals surface area (Å²) in [5.74, 6) is -1.24. The van der Waals surface area contributed by atoms with Gasteiger partial charge in [-0.3, -0.25) is 0 Å². The molecule has 0 radical (unpaired) electrons. The predicted octanol–water partition coefficient (Wildman–Crippen LogP) is 8.58. The number of fused-ring (bicyclic) bond motifs is 5. The van der Waals surface area contributed by atoms with Crippen LogP contribution in [-0.4, -0.2) is 17.6 Å². The largest absolute Gasteiger partial charge is 0.450 e. The van der Waals surface area contributed by atoms with Gasteiger partial charge in [0.2, 0.25) is 23.1 Å². The summed E-state index contributed by atoms with van der Waals surface area (Å²) in [5.41, 5.74) is 2.04. The normalized spacial score (nSPS) is 24.4. The van der Waals surface area contributed by atoms with Gasteiger partial charge in [-0.15, -0.1) is 0 Å². The van der Waals surface area contributed by atoms with E-state index in [2.05, 4.69) is 67.1 Å². The van der Waals surface area contributed by atoms with Crippen LogP contribution in [0.1, 0.15) is 127 Å². The Bertz CT molecular complexity index is 1620. The molecule has 7 heteroatoms. The molecular weight excluding hydrogens is 592 g/mol. The van der Waals surface area contributed by atoms with Crippen LogP contribution in [0.4, 0.5) is 8.78 Å². The lowest BCUT2D eigenvalue weighted by atomic mass is 9.63. The van der Waals surface area contributed by atoms with Gasteiger partial charge in [0.15, 0.2) is 19.0 Å². The van der Waals surface area contributed by atoms with Gasteiger partial charge in [-0.1, -0.05) is 73.1 Å². The fourth-order valence-electron chi connectivity index (χ4n) is 10.1. The van der Waals surface area contributed by atoms with Gasteiger partial charge in [-0.25, -0.2) is 4.79 Å². The quantitative estimate of drug-likeness (QED) is 0.126. The highest BCUT2D eigenvalue weighted by molar-refractivity contribution is 5.86. The van der Waals surface area contributed by atoms with Crippen molar-refractivity contribution >= 4 is 5.97 Å². The molecule has 3 aliphatic rings. The number of carbonyl (C=O) groups excluding carboxylic acids is 1. The van der Waals surface area contributed by atoms with Gasteiger partial charge >= 0.3 is 5.97 Å². The SMILES string of the molecule is CCCCC(C)CC1(Cc2cc[n+]3c(c2)-c2c(cc(F)nc2F)CC2(COC(=O)c4cccc[n+]42)C3(CC)C(C)CC)CCCCC1. The highest BCUT2D eigenvalue weighted by atomic mass is 19.1.